The van der Waals surface area contributed by atoms with Gasteiger partial charge in [-0.3, -0.25) is 9.52 Å². The molecule has 1 heterocycles. The molecule has 0 aromatic heterocycles. The average molecular weight is 297 g/mol. The van der Waals surface area contributed by atoms with Gasteiger partial charge in [-0.05, 0) is 50.6 Å². The number of carbonyl (C=O) groups is 1. The molecule has 1 atom stereocenters. The first-order chi connectivity index (χ1) is 9.50. The standard InChI is InChI=1S/C13H19N3O3S/c1-2-20(18,19)16-11-7-5-10(6-8-11)15-13(17)12-4-3-9-14-12/h5-8,12,14,16H,2-4,9H2,1H3,(H,15,17)/t12-/m1/s1. The predicted molar refractivity (Wildman–Crippen MR) is 79.2 cm³/mol. The first kappa shape index (κ1) is 14.8. The molecule has 1 aliphatic rings. The van der Waals surface area contributed by atoms with E-state index in [9.17, 15) is 13.2 Å². The third kappa shape index (κ3) is 3.94. The van der Waals surface area contributed by atoms with Gasteiger partial charge in [0.15, 0.2) is 0 Å². The van der Waals surface area contributed by atoms with Crippen molar-refractivity contribution in [2.24, 2.45) is 0 Å². The molecular formula is C13H19N3O3S. The second kappa shape index (κ2) is 6.23. The van der Waals surface area contributed by atoms with E-state index >= 15 is 0 Å². The molecule has 2 rings (SSSR count). The van der Waals surface area contributed by atoms with E-state index in [0.29, 0.717) is 11.4 Å². The molecule has 0 spiro atoms. The van der Waals surface area contributed by atoms with Crippen molar-refractivity contribution in [1.29, 1.82) is 0 Å². The van der Waals surface area contributed by atoms with Gasteiger partial charge in [0.25, 0.3) is 0 Å². The summed E-state index contributed by atoms with van der Waals surface area (Å²) < 4.78 is 25.3. The van der Waals surface area contributed by atoms with Gasteiger partial charge >= 0.3 is 0 Å². The van der Waals surface area contributed by atoms with Crippen LogP contribution >= 0.6 is 0 Å². The van der Waals surface area contributed by atoms with Crippen molar-refractivity contribution < 1.29 is 13.2 Å². The maximum atomic E-state index is 11.9. The van der Waals surface area contributed by atoms with Crippen molar-refractivity contribution in [1.82, 2.24) is 5.32 Å². The van der Waals surface area contributed by atoms with E-state index in [0.717, 1.165) is 19.4 Å². The highest BCUT2D eigenvalue weighted by Gasteiger charge is 2.21. The van der Waals surface area contributed by atoms with E-state index in [1.807, 2.05) is 0 Å². The Hall–Kier alpha value is -1.60. The van der Waals surface area contributed by atoms with E-state index in [-0.39, 0.29) is 17.7 Å². The lowest BCUT2D eigenvalue weighted by atomic mass is 10.2. The van der Waals surface area contributed by atoms with Crippen LogP contribution in [0.3, 0.4) is 0 Å². The number of carbonyl (C=O) groups excluding carboxylic acids is 1. The Labute approximate surface area is 119 Å². The molecule has 1 fully saturated rings. The van der Waals surface area contributed by atoms with Gasteiger partial charge in [-0.2, -0.15) is 0 Å². The Morgan fingerprint density at radius 3 is 2.50 bits per heavy atom. The smallest absolute Gasteiger partial charge is 0.241 e. The topological polar surface area (TPSA) is 87.3 Å². The van der Waals surface area contributed by atoms with E-state index in [4.69, 9.17) is 0 Å². The van der Waals surface area contributed by atoms with Crippen LogP contribution < -0.4 is 15.4 Å². The highest BCUT2D eigenvalue weighted by Crippen LogP contribution is 2.16. The number of hydrogen-bond acceptors (Lipinski definition) is 4. The summed E-state index contributed by atoms with van der Waals surface area (Å²) >= 11 is 0. The van der Waals surface area contributed by atoms with Crippen molar-refractivity contribution in [3.05, 3.63) is 24.3 Å². The lowest BCUT2D eigenvalue weighted by Crippen LogP contribution is -2.35. The summed E-state index contributed by atoms with van der Waals surface area (Å²) in [5.41, 5.74) is 1.15. The van der Waals surface area contributed by atoms with Gasteiger partial charge in [-0.25, -0.2) is 8.42 Å². The third-order valence-corrected chi connectivity index (χ3v) is 4.49. The van der Waals surface area contributed by atoms with E-state index in [1.54, 1.807) is 31.2 Å². The Bertz CT molecular complexity index is 563. The highest BCUT2D eigenvalue weighted by molar-refractivity contribution is 7.92. The van der Waals surface area contributed by atoms with Crippen LogP contribution in [0.5, 0.6) is 0 Å². The zero-order chi connectivity index (χ0) is 14.6. The van der Waals surface area contributed by atoms with Crippen LogP contribution in [0.15, 0.2) is 24.3 Å². The van der Waals surface area contributed by atoms with Gasteiger partial charge in [0.2, 0.25) is 15.9 Å². The summed E-state index contributed by atoms with van der Waals surface area (Å²) in [5.74, 6) is -0.0249. The molecule has 1 saturated heterocycles. The molecule has 1 aromatic carbocycles. The molecule has 0 unspecified atom stereocenters. The van der Waals surface area contributed by atoms with Crippen molar-refractivity contribution in [3.8, 4) is 0 Å². The second-order valence-corrected chi connectivity index (χ2v) is 6.73. The molecule has 20 heavy (non-hydrogen) atoms. The van der Waals surface area contributed by atoms with E-state index < -0.39 is 10.0 Å². The summed E-state index contributed by atoms with van der Waals surface area (Å²) in [5, 5.41) is 5.93. The average Bonchev–Trinajstić information content (AvgIpc) is 2.95. The molecule has 1 aromatic rings. The summed E-state index contributed by atoms with van der Waals surface area (Å²) in [7, 11) is -3.27. The van der Waals surface area contributed by atoms with Crippen LogP contribution in [-0.2, 0) is 14.8 Å². The number of hydrogen-bond donors (Lipinski definition) is 3. The Kier molecular flexibility index (Phi) is 4.61. The van der Waals surface area contributed by atoms with Crippen molar-refractivity contribution in [2.75, 3.05) is 22.3 Å². The molecule has 0 aliphatic carbocycles. The fourth-order valence-electron chi connectivity index (χ4n) is 2.01. The van der Waals surface area contributed by atoms with Crippen molar-refractivity contribution in [3.63, 3.8) is 0 Å². The second-order valence-electron chi connectivity index (χ2n) is 4.72. The molecule has 1 amide bonds. The molecule has 7 heteroatoms. The summed E-state index contributed by atoms with van der Waals surface area (Å²) in [6, 6.07) is 6.49. The quantitative estimate of drug-likeness (QED) is 0.760. The Morgan fingerprint density at radius 1 is 1.30 bits per heavy atom. The molecule has 3 N–H and O–H groups in total. The maximum absolute atomic E-state index is 11.9. The van der Waals surface area contributed by atoms with Crippen LogP contribution in [0.25, 0.3) is 0 Å². The van der Waals surface area contributed by atoms with Crippen molar-refractivity contribution >= 4 is 27.3 Å². The van der Waals surface area contributed by atoms with Gasteiger partial charge in [-0.15, -0.1) is 0 Å². The number of amides is 1. The first-order valence-electron chi connectivity index (χ1n) is 6.65. The maximum Gasteiger partial charge on any atom is 0.241 e. The van der Waals surface area contributed by atoms with Gasteiger partial charge in [0.1, 0.15) is 0 Å². The number of sulfonamides is 1. The normalized spacial score (nSPS) is 18.8. The van der Waals surface area contributed by atoms with Gasteiger partial charge < -0.3 is 10.6 Å². The Balaban J connectivity index is 1.96. The highest BCUT2D eigenvalue weighted by atomic mass is 32.2. The zero-order valence-electron chi connectivity index (χ0n) is 11.3. The van der Waals surface area contributed by atoms with Crippen LogP contribution in [-0.4, -0.2) is 32.7 Å². The van der Waals surface area contributed by atoms with Crippen LogP contribution in [0.1, 0.15) is 19.8 Å². The molecule has 0 radical (unpaired) electrons. The minimum Gasteiger partial charge on any atom is -0.325 e. The predicted octanol–water partition coefficient (Wildman–Crippen LogP) is 1.14. The summed E-state index contributed by atoms with van der Waals surface area (Å²) in [6.07, 6.45) is 1.86. The Morgan fingerprint density at radius 2 is 1.95 bits per heavy atom. The molecule has 1 aliphatic heterocycles. The SMILES string of the molecule is CCS(=O)(=O)Nc1ccc(NC(=O)[C@H]2CCCN2)cc1. The molecule has 0 bridgehead atoms. The zero-order valence-corrected chi connectivity index (χ0v) is 12.2. The molecular weight excluding hydrogens is 278 g/mol. The number of rotatable bonds is 5. The minimum absolute atomic E-state index is 0.0266. The van der Waals surface area contributed by atoms with Crippen LogP contribution in [0, 0.1) is 0 Å². The lowest BCUT2D eigenvalue weighted by Gasteiger charge is -2.12. The number of anilines is 2. The molecule has 6 nitrogen and oxygen atoms in total. The molecule has 110 valence electrons. The fraction of sp³-hybridized carbons (Fsp3) is 0.462. The van der Waals surface area contributed by atoms with Gasteiger partial charge in [0.05, 0.1) is 11.8 Å². The van der Waals surface area contributed by atoms with Crippen LogP contribution in [0.2, 0.25) is 0 Å². The monoisotopic (exact) mass is 297 g/mol. The first-order valence-corrected chi connectivity index (χ1v) is 8.30. The largest absolute Gasteiger partial charge is 0.325 e. The van der Waals surface area contributed by atoms with Crippen molar-refractivity contribution in [2.45, 2.75) is 25.8 Å². The van der Waals surface area contributed by atoms with Gasteiger partial charge in [0, 0.05) is 11.4 Å². The van der Waals surface area contributed by atoms with E-state index in [1.165, 1.54) is 0 Å². The minimum atomic E-state index is -3.27. The summed E-state index contributed by atoms with van der Waals surface area (Å²) in [6.45, 7) is 2.45. The lowest BCUT2D eigenvalue weighted by molar-refractivity contribution is -0.117. The van der Waals surface area contributed by atoms with Gasteiger partial charge in [-0.1, -0.05) is 0 Å². The molecule has 0 saturated carbocycles. The number of benzene rings is 1. The number of nitrogens with one attached hydrogen (secondary N) is 3. The van der Waals surface area contributed by atoms with E-state index in [2.05, 4.69) is 15.4 Å². The fourth-order valence-corrected chi connectivity index (χ4v) is 2.65. The third-order valence-electron chi connectivity index (χ3n) is 3.18. The van der Waals surface area contributed by atoms with Crippen LogP contribution in [0.4, 0.5) is 11.4 Å². The summed E-state index contributed by atoms with van der Waals surface area (Å²) in [4.78, 5) is 11.9.